The summed E-state index contributed by atoms with van der Waals surface area (Å²) in [5, 5.41) is 23.2. The lowest BCUT2D eigenvalue weighted by Gasteiger charge is -2.07. The number of phenolic OH excluding ortho intramolecular Hbond substituents is 1. The molecule has 0 amide bonds. The molecule has 0 aliphatic carbocycles. The van der Waals surface area contributed by atoms with Crippen LogP contribution in [0.25, 0.3) is 11.2 Å². The molecule has 0 saturated heterocycles. The number of halogens is 1. The second-order valence-corrected chi connectivity index (χ2v) is 6.68. The number of aromatic nitrogens is 4. The molecule has 0 unspecified atom stereocenters. The number of hydrazone groups is 1. The van der Waals surface area contributed by atoms with E-state index in [0.29, 0.717) is 5.56 Å². The Bertz CT molecular complexity index is 1160. The smallest absolute Gasteiger partial charge is 0.332 e. The standard InChI is InChI=1S/C16H17BrN6O4/c1-21-13-12(14(26)22(2)16(21)27)23(5-6-24)15(19-13)20-18-8-9-7-10(17)3-4-11(9)25/h3-4,7-8,24-25H,5-6H2,1-2H3,(H,19,20). The highest BCUT2D eigenvalue weighted by Crippen LogP contribution is 2.20. The molecule has 3 rings (SSSR count). The van der Waals surface area contributed by atoms with Gasteiger partial charge >= 0.3 is 5.69 Å². The minimum atomic E-state index is -0.518. The highest BCUT2D eigenvalue weighted by atomic mass is 79.9. The maximum Gasteiger partial charge on any atom is 0.332 e. The summed E-state index contributed by atoms with van der Waals surface area (Å²) in [4.78, 5) is 28.9. The third-order valence-electron chi connectivity index (χ3n) is 4.03. The lowest BCUT2D eigenvalue weighted by molar-refractivity contribution is 0.278. The molecule has 2 heterocycles. The van der Waals surface area contributed by atoms with Crippen molar-refractivity contribution in [2.45, 2.75) is 6.54 Å². The Morgan fingerprint density at radius 3 is 2.74 bits per heavy atom. The van der Waals surface area contributed by atoms with Gasteiger partial charge in [-0.2, -0.15) is 10.1 Å². The summed E-state index contributed by atoms with van der Waals surface area (Å²) in [5.74, 6) is 0.229. The highest BCUT2D eigenvalue weighted by molar-refractivity contribution is 9.10. The average molecular weight is 437 g/mol. The van der Waals surface area contributed by atoms with E-state index < -0.39 is 11.2 Å². The van der Waals surface area contributed by atoms with Gasteiger partial charge in [-0.3, -0.25) is 13.9 Å². The van der Waals surface area contributed by atoms with E-state index in [1.54, 1.807) is 12.1 Å². The van der Waals surface area contributed by atoms with E-state index >= 15 is 0 Å². The van der Waals surface area contributed by atoms with Crippen LogP contribution in [0.5, 0.6) is 5.75 Å². The van der Waals surface area contributed by atoms with Crippen LogP contribution in [0.3, 0.4) is 0 Å². The maximum atomic E-state index is 12.5. The number of imidazole rings is 1. The molecule has 0 atom stereocenters. The fourth-order valence-electron chi connectivity index (χ4n) is 2.64. The van der Waals surface area contributed by atoms with Gasteiger partial charge in [-0.1, -0.05) is 15.9 Å². The number of fused-ring (bicyclic) bond motifs is 1. The second-order valence-electron chi connectivity index (χ2n) is 5.76. The molecule has 10 nitrogen and oxygen atoms in total. The predicted molar refractivity (Wildman–Crippen MR) is 104 cm³/mol. The summed E-state index contributed by atoms with van der Waals surface area (Å²) in [7, 11) is 2.88. The quantitative estimate of drug-likeness (QED) is 0.391. The van der Waals surface area contributed by atoms with Crippen molar-refractivity contribution in [3.8, 4) is 5.75 Å². The zero-order chi connectivity index (χ0) is 19.7. The molecule has 11 heteroatoms. The molecule has 3 aromatic rings. The normalized spacial score (nSPS) is 11.6. The first-order chi connectivity index (χ1) is 12.8. The minimum Gasteiger partial charge on any atom is -0.507 e. The van der Waals surface area contributed by atoms with Crippen LogP contribution in [0.1, 0.15) is 5.56 Å². The van der Waals surface area contributed by atoms with Crippen molar-refractivity contribution in [1.82, 2.24) is 18.7 Å². The molecule has 27 heavy (non-hydrogen) atoms. The molecule has 142 valence electrons. The van der Waals surface area contributed by atoms with Crippen LogP contribution in [0.4, 0.5) is 5.95 Å². The zero-order valence-corrected chi connectivity index (χ0v) is 16.1. The number of rotatable bonds is 5. The summed E-state index contributed by atoms with van der Waals surface area (Å²) in [6, 6.07) is 4.89. The van der Waals surface area contributed by atoms with Crippen molar-refractivity contribution >= 4 is 39.3 Å². The van der Waals surface area contributed by atoms with Crippen molar-refractivity contribution in [2.24, 2.45) is 19.2 Å². The summed E-state index contributed by atoms with van der Waals surface area (Å²) in [6.45, 7) is -0.147. The number of nitrogens with zero attached hydrogens (tertiary/aromatic N) is 5. The van der Waals surface area contributed by atoms with Gasteiger partial charge in [0.25, 0.3) is 5.56 Å². The van der Waals surface area contributed by atoms with Gasteiger partial charge in [0.15, 0.2) is 11.2 Å². The number of aryl methyl sites for hydroxylation is 1. The van der Waals surface area contributed by atoms with Crippen molar-refractivity contribution in [1.29, 1.82) is 0 Å². The van der Waals surface area contributed by atoms with E-state index in [9.17, 15) is 19.8 Å². The van der Waals surface area contributed by atoms with E-state index in [2.05, 4.69) is 31.4 Å². The molecular formula is C16H17BrN6O4. The Labute approximate surface area is 161 Å². The van der Waals surface area contributed by atoms with Crippen LogP contribution in [0.2, 0.25) is 0 Å². The SMILES string of the molecule is Cn1c(=O)c2c(nc(NN=Cc3cc(Br)ccc3O)n2CCO)n(C)c1=O. The van der Waals surface area contributed by atoms with Crippen molar-refractivity contribution in [2.75, 3.05) is 12.0 Å². The molecule has 2 aromatic heterocycles. The van der Waals surface area contributed by atoms with E-state index in [1.807, 2.05) is 0 Å². The molecule has 0 aliphatic rings. The number of aliphatic hydroxyl groups is 1. The van der Waals surface area contributed by atoms with Gasteiger partial charge in [-0.05, 0) is 18.2 Å². The van der Waals surface area contributed by atoms with Crippen LogP contribution in [0, 0.1) is 0 Å². The summed E-state index contributed by atoms with van der Waals surface area (Å²) in [5.41, 5.74) is 2.49. The predicted octanol–water partition coefficient (Wildman–Crippen LogP) is 0.340. The van der Waals surface area contributed by atoms with Crippen LogP contribution in [-0.4, -0.2) is 41.7 Å². The molecule has 0 spiro atoms. The number of nitrogens with one attached hydrogen (secondary N) is 1. The lowest BCUT2D eigenvalue weighted by atomic mass is 10.2. The Morgan fingerprint density at radius 1 is 1.30 bits per heavy atom. The summed E-state index contributed by atoms with van der Waals surface area (Å²) < 4.78 is 4.45. The average Bonchev–Trinajstić information content (AvgIpc) is 3.00. The monoisotopic (exact) mass is 436 g/mol. The molecule has 0 aliphatic heterocycles. The molecule has 0 fully saturated rings. The maximum absolute atomic E-state index is 12.5. The first kappa shape index (κ1) is 18.9. The zero-order valence-electron chi connectivity index (χ0n) is 14.5. The van der Waals surface area contributed by atoms with Crippen molar-refractivity contribution < 1.29 is 10.2 Å². The van der Waals surface area contributed by atoms with Crippen LogP contribution >= 0.6 is 15.9 Å². The van der Waals surface area contributed by atoms with Gasteiger partial charge in [0.1, 0.15) is 5.75 Å². The van der Waals surface area contributed by atoms with Crippen LogP contribution in [0.15, 0.2) is 37.4 Å². The first-order valence-corrected chi connectivity index (χ1v) is 8.69. The van der Waals surface area contributed by atoms with Gasteiger partial charge < -0.3 is 14.8 Å². The fourth-order valence-corrected chi connectivity index (χ4v) is 3.02. The summed E-state index contributed by atoms with van der Waals surface area (Å²) in [6.07, 6.45) is 1.39. The van der Waals surface area contributed by atoms with Crippen molar-refractivity contribution in [3.63, 3.8) is 0 Å². The number of hydrogen-bond acceptors (Lipinski definition) is 7. The fraction of sp³-hybridized carbons (Fsp3) is 0.250. The number of aliphatic hydroxyl groups excluding tert-OH is 1. The van der Waals surface area contributed by atoms with E-state index in [1.165, 1.54) is 35.5 Å². The number of phenols is 1. The van der Waals surface area contributed by atoms with E-state index in [-0.39, 0.29) is 36.0 Å². The molecule has 1 aromatic carbocycles. The topological polar surface area (TPSA) is 127 Å². The Hall–Kier alpha value is -2.92. The third kappa shape index (κ3) is 3.38. The van der Waals surface area contributed by atoms with Crippen LogP contribution < -0.4 is 16.7 Å². The lowest BCUT2D eigenvalue weighted by Crippen LogP contribution is -2.37. The number of anilines is 1. The Kier molecular flexibility index (Phi) is 5.15. The van der Waals surface area contributed by atoms with Gasteiger partial charge in [-0.15, -0.1) is 0 Å². The molecule has 0 radical (unpaired) electrons. The van der Waals surface area contributed by atoms with Crippen LogP contribution in [-0.2, 0) is 20.6 Å². The van der Waals surface area contributed by atoms with E-state index in [0.717, 1.165) is 9.04 Å². The van der Waals surface area contributed by atoms with Gasteiger partial charge in [0, 0.05) is 30.7 Å². The van der Waals surface area contributed by atoms with E-state index in [4.69, 9.17) is 0 Å². The van der Waals surface area contributed by atoms with Gasteiger partial charge in [-0.25, -0.2) is 10.2 Å². The second kappa shape index (κ2) is 7.37. The number of aromatic hydroxyl groups is 1. The van der Waals surface area contributed by atoms with Gasteiger partial charge in [0.05, 0.1) is 12.8 Å². The molecule has 0 bridgehead atoms. The Morgan fingerprint density at radius 2 is 2.04 bits per heavy atom. The highest BCUT2D eigenvalue weighted by Gasteiger charge is 2.18. The number of hydrogen-bond donors (Lipinski definition) is 3. The molecule has 0 saturated carbocycles. The molecular weight excluding hydrogens is 420 g/mol. The summed E-state index contributed by atoms with van der Waals surface area (Å²) >= 11 is 3.31. The Balaban J connectivity index is 2.08. The first-order valence-electron chi connectivity index (χ1n) is 7.90. The third-order valence-corrected chi connectivity index (χ3v) is 4.52. The minimum absolute atomic E-state index is 0.0453. The largest absolute Gasteiger partial charge is 0.507 e. The number of benzene rings is 1. The van der Waals surface area contributed by atoms with Gasteiger partial charge in [0.2, 0.25) is 5.95 Å². The van der Waals surface area contributed by atoms with Crippen molar-refractivity contribution in [3.05, 3.63) is 49.1 Å². The molecule has 3 N–H and O–H groups in total.